The molecule has 3 aromatic carbocycles. The van der Waals surface area contributed by atoms with Gasteiger partial charge in [0.05, 0.1) is 24.8 Å². The summed E-state index contributed by atoms with van der Waals surface area (Å²) in [5.41, 5.74) is 25.8. The highest BCUT2D eigenvalue weighted by Gasteiger charge is 2.47. The molecule has 0 bridgehead atoms. The topological polar surface area (TPSA) is 667 Å². The molecule has 4 aliphatic rings. The highest BCUT2D eigenvalue weighted by atomic mass is 32.2. The van der Waals surface area contributed by atoms with Crippen molar-refractivity contribution in [3.05, 3.63) is 102 Å². The van der Waals surface area contributed by atoms with Crippen molar-refractivity contribution in [2.75, 3.05) is 64.9 Å². The van der Waals surface area contributed by atoms with Crippen molar-refractivity contribution >= 4 is 146 Å². The molecule has 4 saturated heterocycles. The number of likely N-dealkylation sites (N-methyl/N-ethyl adjacent to an activating group) is 2. The second-order valence-corrected chi connectivity index (χ2v) is 36.6. The van der Waals surface area contributed by atoms with Crippen LogP contribution in [-0.2, 0) is 117 Å². The van der Waals surface area contributed by atoms with Crippen LogP contribution in [0.25, 0.3) is 21.8 Å². The average molecular weight is 1930 g/mol. The third-order valence-electron chi connectivity index (χ3n) is 24.8. The number of nitrogens with one attached hydrogen (secondary N) is 11. The van der Waals surface area contributed by atoms with E-state index >= 15 is 38.4 Å². The highest BCUT2D eigenvalue weighted by Crippen LogP contribution is 2.30. The smallest absolute Gasteiger partial charge is 0.323 e. The normalized spacial score (nSPS) is 25.1. The minimum atomic E-state index is -1.85. The molecule has 44 nitrogen and oxygen atoms in total. The third kappa shape index (κ3) is 29.6. The Morgan fingerprint density at radius 3 is 1.72 bits per heavy atom. The van der Waals surface area contributed by atoms with E-state index in [0.29, 0.717) is 77.0 Å². The Morgan fingerprint density at radius 1 is 0.526 bits per heavy atom. The number of benzene rings is 3. The first-order chi connectivity index (χ1) is 65.2. The lowest BCUT2D eigenvalue weighted by atomic mass is 9.97. The first-order valence-electron chi connectivity index (χ1n) is 46.3. The molecule has 23 N–H and O–H groups in total. The zero-order chi connectivity index (χ0) is 100. The molecule has 15 atom stereocenters. The predicted molar refractivity (Wildman–Crippen MR) is 499 cm³/mol. The van der Waals surface area contributed by atoms with Gasteiger partial charge in [-0.1, -0.05) is 102 Å². The number of aromatic amines is 1. The van der Waals surface area contributed by atoms with Crippen LogP contribution in [0.15, 0.2) is 85.2 Å². The number of aliphatic carboxylic acids is 2. The Hall–Kier alpha value is -13.3. The van der Waals surface area contributed by atoms with Crippen LogP contribution in [0.2, 0.25) is 0 Å². The minimum Gasteiger partial charge on any atom is -0.508 e. The van der Waals surface area contributed by atoms with Crippen LogP contribution < -0.4 is 76.1 Å². The number of piperidine rings is 1. The SMILES string of the molecule is CCCC[C@H]1C(=O)N(C)[C@@H](CCCC)C(=O)N[C@@H](CC(C)C)C(=O)N[C@H](C(=O)NCC(N)=O)CSCC(=O)N[C@@H](Cc2ccc(O)cc2)C(=O)N2CCCC[C@H]2C(=O)N[C@@H](CC(N)=O)C(=O)N2CCC[C@H]2C(=O)N[C@@H](CN)C(=O)N[C@@H](CCC(=O)O)C(=O)N2C[C@H](O)C[C@H]2C(=O)N[C@@H](Cc2c[nH]c3ccccc23)C(=O)N[C@@H](CCN)C(=O)N[C@@H](Cc2cn(CC(=O)O)c3ccccc23)C(=O)N1C. The number of hydrogen-bond donors (Lipinski definition) is 19. The maximum absolute atomic E-state index is 16.0. The van der Waals surface area contributed by atoms with E-state index in [9.17, 15) is 73.2 Å². The van der Waals surface area contributed by atoms with Crippen LogP contribution in [0.4, 0.5) is 0 Å². The zero-order valence-electron chi connectivity index (χ0n) is 77.8. The van der Waals surface area contributed by atoms with Crippen molar-refractivity contribution in [2.24, 2.45) is 28.9 Å². The number of aromatic hydroxyl groups is 1. The standard InChI is InChI=1S/C92H129N21O23S/c1-7-9-21-69-84(128)102-61(36-50(3)4)81(125)107-67(79(123)98-44-75(96)117)48-137-49-76(118)99-63(37-51-26-28-54(114)29-27-51)90(134)111-34-16-15-24-70(111)85(129)105-65(41-74(95)116)91(135)112-35-17-25-71(112)86(130)106-66(42-94)83(127)101-60(30-31-77(119)120)89(133)113-46-55(115)40-73(113)87(131)103-62(38-52-43-97-58-20-13-11-18-56(52)58)82(126)100-59(32-33-93)80(124)104-64(88(132)109(6)72(22-10-8-2)92(136)108(69)5)39-53-45-110(47-78(121)122)68-23-14-12-19-57(53)68/h11-14,18-20,23,26-29,43,45,50,55,59-67,69-73,97,114-115H,7-10,15-17,21-22,24-25,30-42,44,46-49,93-94H2,1-6H3,(H2,95,116)(H2,96,117)(H,98,123)(H,99,118)(H,100,126)(H,101,127)(H,102,128)(H,103,131)(H,104,124)(H,105,129)(H,106,130)(H,107,125)(H,119,120)(H,121,122)/t55-,59+,60+,61+,62+,63+,64+,65+,66+,67+,69+,70+,71+,72+,73+/m1/s1. The van der Waals surface area contributed by atoms with Crippen LogP contribution in [-0.4, -0.2) is 322 Å². The summed E-state index contributed by atoms with van der Waals surface area (Å²) < 4.78 is 1.42. The second-order valence-electron chi connectivity index (χ2n) is 35.5. The lowest BCUT2D eigenvalue weighted by Crippen LogP contribution is -2.62. The van der Waals surface area contributed by atoms with E-state index in [0.717, 1.165) is 31.4 Å². The number of phenolic OH excluding ortho intramolecular Hbond substituents is 1. The van der Waals surface area contributed by atoms with Crippen LogP contribution in [0.1, 0.15) is 154 Å². The van der Waals surface area contributed by atoms with E-state index in [1.54, 1.807) is 68.6 Å². The Kier molecular flexibility index (Phi) is 40.0. The summed E-state index contributed by atoms with van der Waals surface area (Å²) in [6.07, 6.45) is -0.341. The molecular formula is C92H129N21O23S. The van der Waals surface area contributed by atoms with E-state index < -0.39 is 273 Å². The van der Waals surface area contributed by atoms with E-state index in [-0.39, 0.29) is 89.1 Å². The monoisotopic (exact) mass is 1930 g/mol. The number of rotatable bonds is 27. The molecule has 6 heterocycles. The molecule has 0 unspecified atom stereocenters. The Labute approximate surface area is 795 Å². The molecule has 137 heavy (non-hydrogen) atoms. The zero-order valence-corrected chi connectivity index (χ0v) is 78.6. The van der Waals surface area contributed by atoms with Gasteiger partial charge in [0.15, 0.2) is 0 Å². The average Bonchev–Trinajstić information content (AvgIpc) is 1.65. The van der Waals surface area contributed by atoms with Crippen LogP contribution in [0, 0.1) is 5.92 Å². The molecule has 4 fully saturated rings. The van der Waals surface area contributed by atoms with Gasteiger partial charge in [-0.3, -0.25) is 91.1 Å². The number of fused-ring (bicyclic) bond motifs is 5. The van der Waals surface area contributed by atoms with Crippen molar-refractivity contribution < 1.29 is 112 Å². The number of phenols is 1. The summed E-state index contributed by atoms with van der Waals surface area (Å²) in [4.78, 5) is 284. The molecule has 4 aliphatic heterocycles. The fourth-order valence-corrected chi connectivity index (χ4v) is 18.5. The van der Waals surface area contributed by atoms with Crippen molar-refractivity contribution in [3.63, 3.8) is 0 Å². The number of aromatic nitrogens is 2. The van der Waals surface area contributed by atoms with Gasteiger partial charge in [0.1, 0.15) is 96.9 Å². The van der Waals surface area contributed by atoms with E-state index in [1.165, 1.54) is 54.0 Å². The number of hydrogen-bond acceptors (Lipinski definition) is 24. The Balaban J connectivity index is 1.11. The first kappa shape index (κ1) is 107. The molecule has 9 rings (SSSR count). The maximum atomic E-state index is 16.0. The van der Waals surface area contributed by atoms with Crippen molar-refractivity contribution in [3.8, 4) is 5.75 Å². The van der Waals surface area contributed by atoms with Gasteiger partial charge >= 0.3 is 11.9 Å². The van der Waals surface area contributed by atoms with Crippen molar-refractivity contribution in [1.29, 1.82) is 0 Å². The van der Waals surface area contributed by atoms with Gasteiger partial charge in [-0.25, -0.2) is 0 Å². The minimum absolute atomic E-state index is 0.0104. The van der Waals surface area contributed by atoms with Gasteiger partial charge in [0.25, 0.3) is 0 Å². The quantitative estimate of drug-likeness (QED) is 0.0251. The highest BCUT2D eigenvalue weighted by molar-refractivity contribution is 8.00. The number of carboxylic acids is 2. The molecule has 17 amide bonds. The van der Waals surface area contributed by atoms with Crippen LogP contribution in [0.5, 0.6) is 5.75 Å². The van der Waals surface area contributed by atoms with Gasteiger partial charge < -0.3 is 131 Å². The number of nitrogens with zero attached hydrogens (tertiary/aromatic N) is 6. The number of carbonyl (C=O) groups excluding carboxylic acids is 17. The second kappa shape index (κ2) is 51.0. The third-order valence-corrected chi connectivity index (χ3v) is 25.8. The summed E-state index contributed by atoms with van der Waals surface area (Å²) in [6.45, 7) is 4.06. The van der Waals surface area contributed by atoms with Crippen molar-refractivity contribution in [1.82, 2.24) is 87.2 Å². The molecule has 45 heteroatoms. The molecule has 0 saturated carbocycles. The number of primary amides is 2. The number of unbranched alkanes of at least 4 members (excludes halogenated alkanes) is 2. The van der Waals surface area contributed by atoms with Gasteiger partial charge in [-0.05, 0) is 118 Å². The summed E-state index contributed by atoms with van der Waals surface area (Å²) in [5.74, 6) is -20.6. The summed E-state index contributed by atoms with van der Waals surface area (Å²) in [7, 11) is 2.67. The number of carbonyl (C=O) groups is 19. The number of nitrogens with two attached hydrogens (primary N) is 4. The Bertz CT molecular complexity index is 5210. The van der Waals surface area contributed by atoms with E-state index in [4.69, 9.17) is 22.9 Å². The Morgan fingerprint density at radius 2 is 1.07 bits per heavy atom. The number of H-pyrrole nitrogens is 1. The molecule has 0 radical (unpaired) electrons. The largest absolute Gasteiger partial charge is 0.508 e. The number of thioether (sulfide) groups is 1. The number of amides is 17. The number of para-hydroxylation sites is 2. The number of carboxylic acid groups (broad SMARTS) is 2. The molecule has 0 spiro atoms. The lowest BCUT2D eigenvalue weighted by molar-refractivity contribution is -0.149. The molecule has 2 aromatic heterocycles. The van der Waals surface area contributed by atoms with Gasteiger partial charge in [0.2, 0.25) is 100 Å². The fraction of sp³-hybridized carbons (Fsp3) is 0.554. The lowest BCUT2D eigenvalue weighted by Gasteiger charge is -2.38. The van der Waals surface area contributed by atoms with Gasteiger partial charge in [0, 0.05) is 112 Å². The summed E-state index contributed by atoms with van der Waals surface area (Å²) in [5, 5.41) is 69.1. The van der Waals surface area contributed by atoms with Gasteiger partial charge in [-0.2, -0.15) is 0 Å². The van der Waals surface area contributed by atoms with Crippen LogP contribution >= 0.6 is 11.8 Å². The summed E-state index contributed by atoms with van der Waals surface area (Å²) in [6, 6.07) is -3.09. The fourth-order valence-electron chi connectivity index (χ4n) is 17.7. The summed E-state index contributed by atoms with van der Waals surface area (Å²) >= 11 is 0.791. The first-order valence-corrected chi connectivity index (χ1v) is 47.4. The van der Waals surface area contributed by atoms with Crippen molar-refractivity contribution in [2.45, 2.75) is 253 Å². The molecule has 0 aliphatic carbocycles. The van der Waals surface area contributed by atoms with E-state index in [2.05, 4.69) is 58.2 Å². The molecule has 5 aromatic rings. The van der Waals surface area contributed by atoms with Gasteiger partial charge in [-0.15, -0.1) is 11.8 Å². The number of aliphatic hydroxyl groups excluding tert-OH is 1. The maximum Gasteiger partial charge on any atom is 0.323 e. The molecular weight excluding hydrogens is 1800 g/mol. The molecule has 746 valence electrons. The van der Waals surface area contributed by atoms with E-state index in [1.807, 2.05) is 13.8 Å². The predicted octanol–water partition coefficient (Wildman–Crippen LogP) is -2.89. The van der Waals surface area contributed by atoms with Crippen LogP contribution in [0.3, 0.4) is 0 Å². The number of aliphatic hydroxyl groups is 1.